The van der Waals surface area contributed by atoms with E-state index < -0.39 is 9.84 Å². The Balaban J connectivity index is 2.36. The molecule has 0 aliphatic carbocycles. The van der Waals surface area contributed by atoms with Crippen molar-refractivity contribution in [1.82, 2.24) is 5.32 Å². The summed E-state index contributed by atoms with van der Waals surface area (Å²) in [5.41, 5.74) is 1.03. The second-order valence-corrected chi connectivity index (χ2v) is 7.81. The van der Waals surface area contributed by atoms with E-state index in [2.05, 4.69) is 21.2 Å². The zero-order valence-electron chi connectivity index (χ0n) is 9.69. The average Bonchev–Trinajstić information content (AvgIpc) is 2.40. The van der Waals surface area contributed by atoms with Crippen molar-refractivity contribution in [3.8, 4) is 0 Å². The lowest BCUT2D eigenvalue weighted by molar-refractivity contribution is 0.520. The van der Waals surface area contributed by atoms with Gasteiger partial charge in [-0.05, 0) is 37.6 Å². The van der Waals surface area contributed by atoms with Crippen molar-refractivity contribution in [2.24, 2.45) is 0 Å². The molecule has 1 aromatic rings. The number of benzene rings is 1. The third-order valence-electron chi connectivity index (χ3n) is 3.21. The van der Waals surface area contributed by atoms with Crippen LogP contribution in [0.5, 0.6) is 0 Å². The van der Waals surface area contributed by atoms with Crippen molar-refractivity contribution in [1.29, 1.82) is 0 Å². The lowest BCUT2D eigenvalue weighted by Crippen LogP contribution is -2.33. The summed E-state index contributed by atoms with van der Waals surface area (Å²) in [7, 11) is -2.99. The molecule has 0 amide bonds. The van der Waals surface area contributed by atoms with Crippen LogP contribution >= 0.6 is 15.9 Å². The molecular weight excluding hydrogens is 302 g/mol. The molecular formula is C12H16BrNO2S. The van der Waals surface area contributed by atoms with Gasteiger partial charge in [0.15, 0.2) is 9.84 Å². The Morgan fingerprint density at radius 1 is 1.41 bits per heavy atom. The average molecular weight is 318 g/mol. The fourth-order valence-corrected chi connectivity index (χ4v) is 4.18. The van der Waals surface area contributed by atoms with Gasteiger partial charge < -0.3 is 5.32 Å². The molecule has 2 unspecified atom stereocenters. The Hall–Kier alpha value is -0.390. The summed E-state index contributed by atoms with van der Waals surface area (Å²) in [6.45, 7) is 2.54. The zero-order valence-corrected chi connectivity index (χ0v) is 12.1. The monoisotopic (exact) mass is 317 g/mol. The lowest BCUT2D eigenvalue weighted by Gasteiger charge is -2.22. The molecule has 1 aromatic carbocycles. The van der Waals surface area contributed by atoms with Gasteiger partial charge in [-0.3, -0.25) is 0 Å². The van der Waals surface area contributed by atoms with Gasteiger partial charge in [0.05, 0.1) is 11.0 Å². The number of rotatable bonds is 1. The standard InChI is InChI=1S/C12H16BrNO2S/c1-9-12(10-4-2-5-11(13)8-10)14-6-3-7-17(9,15)16/h2,4-5,8-9,12,14H,3,6-7H2,1H3. The minimum Gasteiger partial charge on any atom is -0.309 e. The Morgan fingerprint density at radius 2 is 2.18 bits per heavy atom. The zero-order chi connectivity index (χ0) is 12.5. The van der Waals surface area contributed by atoms with E-state index in [1.54, 1.807) is 6.92 Å². The van der Waals surface area contributed by atoms with Crippen LogP contribution in [0, 0.1) is 0 Å². The second kappa shape index (κ2) is 5.08. The van der Waals surface area contributed by atoms with Crippen LogP contribution in [0.2, 0.25) is 0 Å². The Morgan fingerprint density at radius 3 is 2.88 bits per heavy atom. The van der Waals surface area contributed by atoms with E-state index >= 15 is 0 Å². The molecule has 2 atom stereocenters. The van der Waals surface area contributed by atoms with Crippen LogP contribution in [-0.2, 0) is 9.84 Å². The topological polar surface area (TPSA) is 46.2 Å². The minimum absolute atomic E-state index is 0.111. The van der Waals surface area contributed by atoms with Crippen LogP contribution in [-0.4, -0.2) is 26.0 Å². The summed E-state index contributed by atoms with van der Waals surface area (Å²) in [5, 5.41) is 2.95. The van der Waals surface area contributed by atoms with Crippen LogP contribution in [0.3, 0.4) is 0 Å². The van der Waals surface area contributed by atoms with Crippen LogP contribution < -0.4 is 5.32 Å². The highest BCUT2D eigenvalue weighted by Gasteiger charge is 2.32. The van der Waals surface area contributed by atoms with Crippen molar-refractivity contribution >= 4 is 25.8 Å². The summed E-state index contributed by atoms with van der Waals surface area (Å²) in [4.78, 5) is 0. The maximum atomic E-state index is 12.0. The summed E-state index contributed by atoms with van der Waals surface area (Å²) in [6.07, 6.45) is 0.692. The van der Waals surface area contributed by atoms with Gasteiger partial charge in [-0.1, -0.05) is 28.1 Å². The second-order valence-electron chi connectivity index (χ2n) is 4.41. The third-order valence-corrected chi connectivity index (χ3v) is 5.97. The Kier molecular flexibility index (Phi) is 3.90. The Bertz CT molecular complexity index is 501. The highest BCUT2D eigenvalue weighted by molar-refractivity contribution is 9.10. The summed E-state index contributed by atoms with van der Waals surface area (Å²) in [5.74, 6) is 0.283. The van der Waals surface area contributed by atoms with Gasteiger partial charge in [0, 0.05) is 10.5 Å². The van der Waals surface area contributed by atoms with Crippen LogP contribution in [0.1, 0.15) is 24.9 Å². The van der Waals surface area contributed by atoms with Crippen LogP contribution in [0.15, 0.2) is 28.7 Å². The predicted octanol–water partition coefficient (Wildman–Crippen LogP) is 2.29. The van der Waals surface area contributed by atoms with Crippen molar-refractivity contribution in [3.63, 3.8) is 0 Å². The van der Waals surface area contributed by atoms with Crippen LogP contribution in [0.25, 0.3) is 0 Å². The molecule has 1 saturated heterocycles. The molecule has 94 valence electrons. The molecule has 17 heavy (non-hydrogen) atoms. The molecule has 1 fully saturated rings. The molecule has 2 rings (SSSR count). The van der Waals surface area contributed by atoms with E-state index in [1.807, 2.05) is 24.3 Å². The maximum absolute atomic E-state index is 12.0. The summed E-state index contributed by atoms with van der Waals surface area (Å²) in [6, 6.07) is 7.72. The van der Waals surface area contributed by atoms with Gasteiger partial charge in [0.25, 0.3) is 0 Å². The number of halogens is 1. The van der Waals surface area contributed by atoms with E-state index in [0.29, 0.717) is 6.42 Å². The molecule has 0 aromatic heterocycles. The highest BCUT2D eigenvalue weighted by Crippen LogP contribution is 2.27. The van der Waals surface area contributed by atoms with Crippen molar-refractivity contribution in [2.45, 2.75) is 24.6 Å². The van der Waals surface area contributed by atoms with E-state index in [1.165, 1.54) is 0 Å². The fourth-order valence-electron chi connectivity index (χ4n) is 2.18. The number of nitrogens with one attached hydrogen (secondary N) is 1. The van der Waals surface area contributed by atoms with Gasteiger partial charge in [0.2, 0.25) is 0 Å². The SMILES string of the molecule is CC1C(c2cccc(Br)c2)NCCCS1(=O)=O. The Labute approximate surface area is 111 Å². The molecule has 1 aliphatic rings. The molecule has 1 N–H and O–H groups in total. The number of hydrogen-bond donors (Lipinski definition) is 1. The van der Waals surface area contributed by atoms with E-state index in [-0.39, 0.29) is 17.0 Å². The molecule has 1 aliphatic heterocycles. The van der Waals surface area contributed by atoms with Gasteiger partial charge in [-0.25, -0.2) is 8.42 Å². The van der Waals surface area contributed by atoms with Gasteiger partial charge in [-0.15, -0.1) is 0 Å². The molecule has 0 bridgehead atoms. The van der Waals surface area contributed by atoms with Gasteiger partial charge >= 0.3 is 0 Å². The maximum Gasteiger partial charge on any atom is 0.154 e. The molecule has 0 saturated carbocycles. The van der Waals surface area contributed by atoms with Crippen molar-refractivity contribution in [2.75, 3.05) is 12.3 Å². The first-order chi connectivity index (χ1) is 8.00. The van der Waals surface area contributed by atoms with E-state index in [4.69, 9.17) is 0 Å². The molecule has 5 heteroatoms. The quantitative estimate of drug-likeness (QED) is 0.864. The predicted molar refractivity (Wildman–Crippen MR) is 72.8 cm³/mol. The van der Waals surface area contributed by atoms with Gasteiger partial charge in [-0.2, -0.15) is 0 Å². The van der Waals surface area contributed by atoms with E-state index in [0.717, 1.165) is 16.6 Å². The molecule has 0 spiro atoms. The van der Waals surface area contributed by atoms with Crippen LogP contribution in [0.4, 0.5) is 0 Å². The number of sulfone groups is 1. The van der Waals surface area contributed by atoms with Crippen molar-refractivity contribution in [3.05, 3.63) is 34.3 Å². The third kappa shape index (κ3) is 2.89. The minimum atomic E-state index is -2.99. The highest BCUT2D eigenvalue weighted by atomic mass is 79.9. The first kappa shape index (κ1) is 13.1. The normalized spacial score (nSPS) is 28.6. The smallest absolute Gasteiger partial charge is 0.154 e. The molecule has 1 heterocycles. The largest absolute Gasteiger partial charge is 0.309 e. The number of hydrogen-bond acceptors (Lipinski definition) is 3. The first-order valence-electron chi connectivity index (χ1n) is 5.71. The molecule has 0 radical (unpaired) electrons. The summed E-state index contributed by atoms with van der Waals surface area (Å²) >= 11 is 3.42. The summed E-state index contributed by atoms with van der Waals surface area (Å²) < 4.78 is 25.0. The lowest BCUT2D eigenvalue weighted by atomic mass is 10.0. The van der Waals surface area contributed by atoms with Crippen molar-refractivity contribution < 1.29 is 8.42 Å². The van der Waals surface area contributed by atoms with Gasteiger partial charge in [0.1, 0.15) is 0 Å². The molecule has 3 nitrogen and oxygen atoms in total. The fraction of sp³-hybridized carbons (Fsp3) is 0.500. The first-order valence-corrected chi connectivity index (χ1v) is 8.22. The van der Waals surface area contributed by atoms with E-state index in [9.17, 15) is 8.42 Å².